The summed E-state index contributed by atoms with van der Waals surface area (Å²) in [6.45, 7) is 2.52. The number of likely N-dealkylation sites (tertiary alicyclic amines) is 1. The van der Waals surface area contributed by atoms with Gasteiger partial charge in [0, 0.05) is 32.3 Å². The Bertz CT molecular complexity index is 333. The molecule has 0 aliphatic carbocycles. The highest BCUT2D eigenvalue weighted by Crippen LogP contribution is 2.09. The number of nitrogens with one attached hydrogen (secondary N) is 1. The van der Waals surface area contributed by atoms with Gasteiger partial charge in [-0.2, -0.15) is 0 Å². The zero-order valence-electron chi connectivity index (χ0n) is 9.35. The van der Waals surface area contributed by atoms with Crippen molar-refractivity contribution in [2.45, 2.75) is 19.3 Å². The van der Waals surface area contributed by atoms with E-state index < -0.39 is 0 Å². The lowest BCUT2D eigenvalue weighted by molar-refractivity contribution is -0.129. The van der Waals surface area contributed by atoms with E-state index in [1.807, 2.05) is 23.1 Å². The van der Waals surface area contributed by atoms with Gasteiger partial charge in [0.15, 0.2) is 0 Å². The average Bonchev–Trinajstić information content (AvgIpc) is 2.84. The first kappa shape index (κ1) is 10.9. The van der Waals surface area contributed by atoms with E-state index in [0.29, 0.717) is 13.0 Å². The van der Waals surface area contributed by atoms with E-state index >= 15 is 0 Å². The highest BCUT2D eigenvalue weighted by atomic mass is 16.2. The molecule has 1 aromatic heterocycles. The third-order valence-corrected chi connectivity index (χ3v) is 2.77. The molecule has 1 amide bonds. The molecule has 0 bridgehead atoms. The second-order valence-electron chi connectivity index (χ2n) is 3.98. The number of rotatable bonds is 4. The Morgan fingerprint density at radius 1 is 1.38 bits per heavy atom. The van der Waals surface area contributed by atoms with Crippen LogP contribution in [0.25, 0.3) is 0 Å². The summed E-state index contributed by atoms with van der Waals surface area (Å²) in [5.74, 6) is 1.08. The molecule has 0 aromatic carbocycles. The summed E-state index contributed by atoms with van der Waals surface area (Å²) in [7, 11) is 0. The molecule has 16 heavy (non-hydrogen) atoms. The van der Waals surface area contributed by atoms with Crippen LogP contribution in [0, 0.1) is 0 Å². The molecule has 0 unspecified atom stereocenters. The molecule has 1 aromatic rings. The van der Waals surface area contributed by atoms with E-state index in [1.165, 1.54) is 0 Å². The fourth-order valence-corrected chi connectivity index (χ4v) is 1.89. The van der Waals surface area contributed by atoms with E-state index in [1.54, 1.807) is 6.20 Å². The maximum atomic E-state index is 11.7. The maximum absolute atomic E-state index is 11.7. The van der Waals surface area contributed by atoms with Crippen LogP contribution in [0.15, 0.2) is 24.4 Å². The van der Waals surface area contributed by atoms with Crippen LogP contribution in [0.3, 0.4) is 0 Å². The smallest absolute Gasteiger partial charge is 0.224 e. The Labute approximate surface area is 95.7 Å². The van der Waals surface area contributed by atoms with Crippen LogP contribution in [0.2, 0.25) is 0 Å². The summed E-state index contributed by atoms with van der Waals surface area (Å²) in [6, 6.07) is 5.71. The average molecular weight is 219 g/mol. The number of carbonyl (C=O) groups is 1. The molecule has 4 nitrogen and oxygen atoms in total. The molecule has 0 spiro atoms. The topological polar surface area (TPSA) is 45.2 Å². The van der Waals surface area contributed by atoms with Crippen LogP contribution in [0.4, 0.5) is 5.82 Å². The van der Waals surface area contributed by atoms with E-state index in [2.05, 4.69) is 10.3 Å². The first-order chi connectivity index (χ1) is 7.86. The van der Waals surface area contributed by atoms with Crippen molar-refractivity contribution in [3.8, 4) is 0 Å². The maximum Gasteiger partial charge on any atom is 0.224 e. The van der Waals surface area contributed by atoms with Crippen LogP contribution >= 0.6 is 0 Å². The fourth-order valence-electron chi connectivity index (χ4n) is 1.89. The van der Waals surface area contributed by atoms with Crippen molar-refractivity contribution in [3.63, 3.8) is 0 Å². The first-order valence-electron chi connectivity index (χ1n) is 5.79. The molecule has 2 heterocycles. The lowest BCUT2D eigenvalue weighted by Gasteiger charge is -2.15. The third kappa shape index (κ3) is 2.95. The van der Waals surface area contributed by atoms with Gasteiger partial charge in [-0.15, -0.1) is 0 Å². The second-order valence-corrected chi connectivity index (χ2v) is 3.98. The predicted molar refractivity (Wildman–Crippen MR) is 63.2 cm³/mol. The van der Waals surface area contributed by atoms with E-state index in [-0.39, 0.29) is 5.91 Å². The number of anilines is 1. The Morgan fingerprint density at radius 3 is 2.88 bits per heavy atom. The van der Waals surface area contributed by atoms with Crippen LogP contribution in [-0.2, 0) is 4.79 Å². The van der Waals surface area contributed by atoms with Crippen molar-refractivity contribution in [3.05, 3.63) is 24.4 Å². The van der Waals surface area contributed by atoms with E-state index in [0.717, 1.165) is 31.7 Å². The molecular weight excluding hydrogens is 202 g/mol. The zero-order chi connectivity index (χ0) is 11.2. The Morgan fingerprint density at radius 2 is 2.19 bits per heavy atom. The minimum Gasteiger partial charge on any atom is -0.370 e. The first-order valence-corrected chi connectivity index (χ1v) is 5.79. The van der Waals surface area contributed by atoms with Crippen molar-refractivity contribution in [2.75, 3.05) is 25.0 Å². The summed E-state index contributed by atoms with van der Waals surface area (Å²) in [5.41, 5.74) is 0. The summed E-state index contributed by atoms with van der Waals surface area (Å²) >= 11 is 0. The quantitative estimate of drug-likeness (QED) is 0.834. The van der Waals surface area contributed by atoms with Crippen LogP contribution in [-0.4, -0.2) is 35.4 Å². The lowest BCUT2D eigenvalue weighted by Crippen LogP contribution is -2.29. The standard InChI is InChI=1S/C12H17N3O/c16-12(15-9-3-4-10-15)6-8-14-11-5-1-2-7-13-11/h1-2,5,7H,3-4,6,8-10H2,(H,13,14). The third-order valence-electron chi connectivity index (χ3n) is 2.77. The van der Waals surface area contributed by atoms with Crippen LogP contribution in [0.5, 0.6) is 0 Å². The minimum absolute atomic E-state index is 0.251. The molecule has 86 valence electrons. The number of amides is 1. The zero-order valence-corrected chi connectivity index (χ0v) is 9.35. The van der Waals surface area contributed by atoms with E-state index in [4.69, 9.17) is 0 Å². The van der Waals surface area contributed by atoms with Gasteiger partial charge < -0.3 is 10.2 Å². The monoisotopic (exact) mass is 219 g/mol. The van der Waals surface area contributed by atoms with Gasteiger partial charge in [0.25, 0.3) is 0 Å². The molecule has 0 radical (unpaired) electrons. The Balaban J connectivity index is 1.70. The van der Waals surface area contributed by atoms with Crippen molar-refractivity contribution >= 4 is 11.7 Å². The van der Waals surface area contributed by atoms with Gasteiger partial charge in [-0.25, -0.2) is 4.98 Å². The summed E-state index contributed by atoms with van der Waals surface area (Å²) < 4.78 is 0. The molecule has 1 saturated heterocycles. The largest absolute Gasteiger partial charge is 0.370 e. The molecular formula is C12H17N3O. The Hall–Kier alpha value is -1.58. The lowest BCUT2D eigenvalue weighted by atomic mass is 10.3. The van der Waals surface area contributed by atoms with E-state index in [9.17, 15) is 4.79 Å². The summed E-state index contributed by atoms with van der Waals surface area (Å²) in [5, 5.41) is 3.14. The van der Waals surface area contributed by atoms with Gasteiger partial charge in [-0.05, 0) is 25.0 Å². The number of hydrogen-bond acceptors (Lipinski definition) is 3. The fraction of sp³-hybridized carbons (Fsp3) is 0.500. The van der Waals surface area contributed by atoms with Crippen molar-refractivity contribution < 1.29 is 4.79 Å². The molecule has 1 N–H and O–H groups in total. The second kappa shape index (κ2) is 5.49. The SMILES string of the molecule is O=C(CCNc1ccccn1)N1CCCC1. The normalized spacial score (nSPS) is 15.1. The molecule has 1 aliphatic rings. The molecule has 4 heteroatoms. The van der Waals surface area contributed by atoms with Crippen molar-refractivity contribution in [1.82, 2.24) is 9.88 Å². The number of carbonyl (C=O) groups excluding carboxylic acids is 1. The van der Waals surface area contributed by atoms with Gasteiger partial charge in [0.1, 0.15) is 5.82 Å². The highest BCUT2D eigenvalue weighted by molar-refractivity contribution is 5.76. The molecule has 2 rings (SSSR count). The van der Waals surface area contributed by atoms with Gasteiger partial charge >= 0.3 is 0 Å². The van der Waals surface area contributed by atoms with Gasteiger partial charge in [0.2, 0.25) is 5.91 Å². The minimum atomic E-state index is 0.251. The van der Waals surface area contributed by atoms with Crippen LogP contribution in [0.1, 0.15) is 19.3 Å². The van der Waals surface area contributed by atoms with Crippen LogP contribution < -0.4 is 5.32 Å². The highest BCUT2D eigenvalue weighted by Gasteiger charge is 2.16. The predicted octanol–water partition coefficient (Wildman–Crippen LogP) is 1.51. The van der Waals surface area contributed by atoms with Crippen molar-refractivity contribution in [1.29, 1.82) is 0 Å². The summed E-state index contributed by atoms with van der Waals surface area (Å²) in [4.78, 5) is 17.8. The molecule has 1 fully saturated rings. The molecule has 0 atom stereocenters. The van der Waals surface area contributed by atoms with Gasteiger partial charge in [-0.1, -0.05) is 6.07 Å². The van der Waals surface area contributed by atoms with Gasteiger partial charge in [-0.3, -0.25) is 4.79 Å². The number of hydrogen-bond donors (Lipinski definition) is 1. The van der Waals surface area contributed by atoms with Gasteiger partial charge in [0.05, 0.1) is 0 Å². The number of nitrogens with zero attached hydrogens (tertiary/aromatic N) is 2. The number of pyridine rings is 1. The Kier molecular flexibility index (Phi) is 3.75. The number of aromatic nitrogens is 1. The van der Waals surface area contributed by atoms with Crippen molar-refractivity contribution in [2.24, 2.45) is 0 Å². The summed E-state index contributed by atoms with van der Waals surface area (Å²) in [6.07, 6.45) is 4.60. The molecule has 0 saturated carbocycles. The molecule has 1 aliphatic heterocycles.